The highest BCUT2D eigenvalue weighted by Gasteiger charge is 2.13. The van der Waals surface area contributed by atoms with Crippen LogP contribution in [0.3, 0.4) is 0 Å². The van der Waals surface area contributed by atoms with Gasteiger partial charge in [0, 0.05) is 17.8 Å². The molecule has 0 saturated carbocycles. The normalized spacial score (nSPS) is 14.1. The highest BCUT2D eigenvalue weighted by atomic mass is 16.5. The number of hydrogen-bond donors (Lipinski definition) is 1. The molecule has 0 unspecified atom stereocenters. The van der Waals surface area contributed by atoms with Crippen LogP contribution in [0.25, 0.3) is 0 Å². The summed E-state index contributed by atoms with van der Waals surface area (Å²) in [5, 5.41) is 6.92. The van der Waals surface area contributed by atoms with E-state index >= 15 is 0 Å². The van der Waals surface area contributed by atoms with Gasteiger partial charge in [-0.2, -0.15) is 0 Å². The number of rotatable bonds is 7. The average molecular weight is 405 g/mol. The van der Waals surface area contributed by atoms with Crippen molar-refractivity contribution >= 4 is 11.6 Å². The van der Waals surface area contributed by atoms with Gasteiger partial charge in [0.2, 0.25) is 0 Å². The molecular formula is C24H27N3O3. The van der Waals surface area contributed by atoms with Crippen molar-refractivity contribution in [3.8, 4) is 5.75 Å². The van der Waals surface area contributed by atoms with Gasteiger partial charge in [-0.15, -0.1) is 0 Å². The van der Waals surface area contributed by atoms with Crippen LogP contribution in [0.5, 0.6) is 5.75 Å². The molecule has 1 aromatic heterocycles. The molecule has 3 aromatic rings. The van der Waals surface area contributed by atoms with Crippen molar-refractivity contribution in [2.24, 2.45) is 0 Å². The Hall–Kier alpha value is -3.12. The number of hydrogen-bond acceptors (Lipinski definition) is 5. The summed E-state index contributed by atoms with van der Waals surface area (Å²) in [6.45, 7) is 7.38. The van der Waals surface area contributed by atoms with Crippen LogP contribution >= 0.6 is 0 Å². The van der Waals surface area contributed by atoms with E-state index in [2.05, 4.69) is 27.5 Å². The standard InChI is InChI=1S/C24H27N3O3/c1-17-23(18(2)30-26-17)16-29-22-10-8-20(9-11-22)24(28)25-21-7-5-6-19(14-21)15-27-12-3-4-13-27/h5-11,14H,3-4,12-13,15-16H2,1-2H3,(H,25,28). The number of aryl methyl sites for hydroxylation is 2. The molecule has 6 nitrogen and oxygen atoms in total. The van der Waals surface area contributed by atoms with Crippen LogP contribution in [0.4, 0.5) is 5.69 Å². The second kappa shape index (κ2) is 9.13. The summed E-state index contributed by atoms with van der Waals surface area (Å²) in [7, 11) is 0. The zero-order valence-electron chi connectivity index (χ0n) is 17.5. The molecule has 30 heavy (non-hydrogen) atoms. The quantitative estimate of drug-likeness (QED) is 0.616. The highest BCUT2D eigenvalue weighted by molar-refractivity contribution is 6.04. The van der Waals surface area contributed by atoms with E-state index in [1.165, 1.54) is 18.4 Å². The van der Waals surface area contributed by atoms with Crippen LogP contribution in [0.1, 0.15) is 45.8 Å². The summed E-state index contributed by atoms with van der Waals surface area (Å²) in [6, 6.07) is 15.2. The van der Waals surface area contributed by atoms with E-state index in [1.54, 1.807) is 24.3 Å². The second-order valence-electron chi connectivity index (χ2n) is 7.75. The van der Waals surface area contributed by atoms with Crippen LogP contribution in [0.2, 0.25) is 0 Å². The highest BCUT2D eigenvalue weighted by Crippen LogP contribution is 2.20. The predicted molar refractivity (Wildman–Crippen MR) is 116 cm³/mol. The smallest absolute Gasteiger partial charge is 0.255 e. The minimum atomic E-state index is -0.134. The van der Waals surface area contributed by atoms with Crippen molar-refractivity contribution in [1.29, 1.82) is 0 Å². The average Bonchev–Trinajstić information content (AvgIpc) is 3.37. The number of ether oxygens (including phenoxy) is 1. The van der Waals surface area contributed by atoms with E-state index in [0.29, 0.717) is 17.9 Å². The molecule has 0 bridgehead atoms. The van der Waals surface area contributed by atoms with Gasteiger partial charge < -0.3 is 14.6 Å². The summed E-state index contributed by atoms with van der Waals surface area (Å²) in [5.74, 6) is 1.32. The summed E-state index contributed by atoms with van der Waals surface area (Å²) < 4.78 is 11.0. The van der Waals surface area contributed by atoms with Crippen LogP contribution in [0, 0.1) is 13.8 Å². The van der Waals surface area contributed by atoms with Crippen LogP contribution in [-0.4, -0.2) is 29.1 Å². The molecule has 1 aliphatic heterocycles. The molecule has 0 atom stereocenters. The van der Waals surface area contributed by atoms with Crippen LogP contribution in [0.15, 0.2) is 53.1 Å². The predicted octanol–water partition coefficient (Wildman–Crippen LogP) is 4.72. The number of carbonyl (C=O) groups is 1. The lowest BCUT2D eigenvalue weighted by molar-refractivity contribution is 0.102. The topological polar surface area (TPSA) is 67.6 Å². The molecule has 1 fully saturated rings. The number of nitrogens with one attached hydrogen (secondary N) is 1. The van der Waals surface area contributed by atoms with Crippen molar-refractivity contribution < 1.29 is 14.1 Å². The van der Waals surface area contributed by atoms with E-state index in [0.717, 1.165) is 42.3 Å². The lowest BCUT2D eigenvalue weighted by Crippen LogP contribution is -2.18. The minimum absolute atomic E-state index is 0.134. The van der Waals surface area contributed by atoms with Gasteiger partial charge in [0.25, 0.3) is 5.91 Å². The lowest BCUT2D eigenvalue weighted by atomic mass is 10.1. The Morgan fingerprint density at radius 3 is 2.60 bits per heavy atom. The van der Waals surface area contributed by atoms with Gasteiger partial charge in [0.05, 0.1) is 11.3 Å². The molecule has 4 rings (SSSR count). The zero-order valence-corrected chi connectivity index (χ0v) is 17.5. The Bertz CT molecular complexity index is 985. The molecule has 1 aliphatic rings. The molecule has 1 amide bonds. The molecule has 6 heteroatoms. The monoisotopic (exact) mass is 405 g/mol. The van der Waals surface area contributed by atoms with Gasteiger partial charge in [0.1, 0.15) is 18.1 Å². The molecule has 156 valence electrons. The van der Waals surface area contributed by atoms with Gasteiger partial charge in [0.15, 0.2) is 0 Å². The number of benzene rings is 2. The van der Waals surface area contributed by atoms with E-state index in [9.17, 15) is 4.79 Å². The van der Waals surface area contributed by atoms with Crippen molar-refractivity contribution in [3.05, 3.63) is 76.7 Å². The van der Waals surface area contributed by atoms with Crippen molar-refractivity contribution in [3.63, 3.8) is 0 Å². The number of carbonyl (C=O) groups excluding carboxylic acids is 1. The third-order valence-electron chi connectivity index (χ3n) is 5.47. The molecule has 2 heterocycles. The molecule has 0 spiro atoms. The Morgan fingerprint density at radius 1 is 1.13 bits per heavy atom. The fourth-order valence-electron chi connectivity index (χ4n) is 3.72. The number of nitrogens with zero attached hydrogens (tertiary/aromatic N) is 2. The second-order valence-corrected chi connectivity index (χ2v) is 7.75. The molecule has 0 aliphatic carbocycles. The van der Waals surface area contributed by atoms with E-state index in [-0.39, 0.29) is 5.91 Å². The molecular weight excluding hydrogens is 378 g/mol. The number of amides is 1. The Morgan fingerprint density at radius 2 is 1.90 bits per heavy atom. The lowest BCUT2D eigenvalue weighted by Gasteiger charge is -2.15. The SMILES string of the molecule is Cc1noc(C)c1COc1ccc(C(=O)Nc2cccc(CN3CCCC3)c2)cc1. The third kappa shape index (κ3) is 4.89. The van der Waals surface area contributed by atoms with Crippen molar-refractivity contribution in [2.45, 2.75) is 39.8 Å². The fraction of sp³-hybridized carbons (Fsp3) is 0.333. The summed E-state index contributed by atoms with van der Waals surface area (Å²) >= 11 is 0. The molecule has 0 radical (unpaired) electrons. The van der Waals surface area contributed by atoms with Crippen molar-refractivity contribution in [2.75, 3.05) is 18.4 Å². The van der Waals surface area contributed by atoms with Gasteiger partial charge in [-0.05, 0) is 81.7 Å². The Labute approximate surface area is 176 Å². The van der Waals surface area contributed by atoms with Crippen molar-refractivity contribution in [1.82, 2.24) is 10.1 Å². The molecule has 1 N–H and O–H groups in total. The summed E-state index contributed by atoms with van der Waals surface area (Å²) in [6.07, 6.45) is 2.54. The maximum absolute atomic E-state index is 12.6. The van der Waals surface area contributed by atoms with Gasteiger partial charge in [-0.3, -0.25) is 9.69 Å². The van der Waals surface area contributed by atoms with Gasteiger partial charge >= 0.3 is 0 Å². The van der Waals surface area contributed by atoms with E-state index < -0.39 is 0 Å². The fourth-order valence-corrected chi connectivity index (χ4v) is 3.72. The maximum Gasteiger partial charge on any atom is 0.255 e. The number of aromatic nitrogens is 1. The Balaban J connectivity index is 1.34. The minimum Gasteiger partial charge on any atom is -0.489 e. The first kappa shape index (κ1) is 20.2. The first-order valence-electron chi connectivity index (χ1n) is 10.4. The zero-order chi connectivity index (χ0) is 20.9. The maximum atomic E-state index is 12.6. The van der Waals surface area contributed by atoms with Gasteiger partial charge in [-0.1, -0.05) is 17.3 Å². The largest absolute Gasteiger partial charge is 0.489 e. The third-order valence-corrected chi connectivity index (χ3v) is 5.47. The van der Waals surface area contributed by atoms with Crippen LogP contribution < -0.4 is 10.1 Å². The van der Waals surface area contributed by atoms with Gasteiger partial charge in [-0.25, -0.2) is 0 Å². The summed E-state index contributed by atoms with van der Waals surface area (Å²) in [5.41, 5.74) is 4.40. The number of likely N-dealkylation sites (tertiary alicyclic amines) is 1. The molecule has 1 saturated heterocycles. The summed E-state index contributed by atoms with van der Waals surface area (Å²) in [4.78, 5) is 15.1. The van der Waals surface area contributed by atoms with E-state index in [4.69, 9.17) is 9.26 Å². The first-order chi connectivity index (χ1) is 14.6. The van der Waals surface area contributed by atoms with E-state index in [1.807, 2.05) is 26.0 Å². The van der Waals surface area contributed by atoms with Crippen LogP contribution in [-0.2, 0) is 13.2 Å². The first-order valence-corrected chi connectivity index (χ1v) is 10.4. The number of anilines is 1. The Kier molecular flexibility index (Phi) is 6.14. The molecule has 2 aromatic carbocycles.